The summed E-state index contributed by atoms with van der Waals surface area (Å²) in [5.41, 5.74) is 2.29. The van der Waals surface area contributed by atoms with Crippen LogP contribution in [0.4, 0.5) is 5.69 Å². The average Bonchev–Trinajstić information content (AvgIpc) is 2.88. The Labute approximate surface area is 226 Å². The Balaban J connectivity index is 1.62. The molecule has 3 rings (SSSR count). The molecule has 0 saturated carbocycles. The number of anilines is 1. The predicted molar refractivity (Wildman–Crippen MR) is 152 cm³/mol. The van der Waals surface area contributed by atoms with Gasteiger partial charge in [0.15, 0.2) is 5.11 Å². The van der Waals surface area contributed by atoms with E-state index in [4.69, 9.17) is 17.0 Å². The van der Waals surface area contributed by atoms with Crippen molar-refractivity contribution in [3.63, 3.8) is 0 Å². The van der Waals surface area contributed by atoms with Gasteiger partial charge in [-0.1, -0.05) is 84.6 Å². The molecular formula is C28H30BrN3O3S. The number of ether oxygens (including phenoxy) is 1. The highest BCUT2D eigenvalue weighted by atomic mass is 79.9. The molecule has 6 nitrogen and oxygen atoms in total. The molecule has 0 saturated heterocycles. The first kappa shape index (κ1) is 27.4. The summed E-state index contributed by atoms with van der Waals surface area (Å²) in [4.78, 5) is 25.8. The Morgan fingerprint density at radius 2 is 1.64 bits per heavy atom. The van der Waals surface area contributed by atoms with Crippen molar-refractivity contribution in [2.45, 2.75) is 39.2 Å². The fraction of sp³-hybridized carbons (Fsp3) is 0.250. The molecule has 0 atom stereocenters. The normalized spacial score (nSPS) is 10.4. The van der Waals surface area contributed by atoms with Crippen LogP contribution in [0.25, 0.3) is 0 Å². The molecule has 0 bridgehead atoms. The summed E-state index contributed by atoms with van der Waals surface area (Å²) in [6.07, 6.45) is 4.31. The molecule has 3 aromatic carbocycles. The molecule has 0 spiro atoms. The van der Waals surface area contributed by atoms with Gasteiger partial charge >= 0.3 is 0 Å². The Hall–Kier alpha value is -3.23. The van der Waals surface area contributed by atoms with Gasteiger partial charge in [0.25, 0.3) is 11.8 Å². The molecule has 36 heavy (non-hydrogen) atoms. The number of thiocarbonyl (C=S) groups is 1. The van der Waals surface area contributed by atoms with E-state index in [2.05, 4.69) is 38.8 Å². The molecule has 2 amide bonds. The molecule has 0 aromatic heterocycles. The monoisotopic (exact) mass is 567 g/mol. The van der Waals surface area contributed by atoms with Crippen LogP contribution >= 0.6 is 28.1 Å². The van der Waals surface area contributed by atoms with E-state index < -0.39 is 5.91 Å². The van der Waals surface area contributed by atoms with Gasteiger partial charge in [0.2, 0.25) is 0 Å². The SMILES string of the molecule is CCCCCCOc1ccc(Br)cc1C(=O)NC(=S)Nc1ccccc1C(=O)NCc1ccccc1. The van der Waals surface area contributed by atoms with Gasteiger partial charge < -0.3 is 15.4 Å². The van der Waals surface area contributed by atoms with Crippen molar-refractivity contribution in [1.82, 2.24) is 10.6 Å². The van der Waals surface area contributed by atoms with Crippen LogP contribution < -0.4 is 20.7 Å². The third-order valence-corrected chi connectivity index (χ3v) is 6.08. The summed E-state index contributed by atoms with van der Waals surface area (Å²) in [6.45, 7) is 3.10. The molecule has 188 valence electrons. The molecule has 0 aliphatic heterocycles. The zero-order chi connectivity index (χ0) is 25.8. The molecule has 0 unspecified atom stereocenters. The van der Waals surface area contributed by atoms with Crippen molar-refractivity contribution in [3.8, 4) is 5.75 Å². The summed E-state index contributed by atoms with van der Waals surface area (Å²) in [6, 6.07) is 22.0. The maximum atomic E-state index is 13.0. The number of nitrogens with one attached hydrogen (secondary N) is 3. The smallest absolute Gasteiger partial charge is 0.261 e. The van der Waals surface area contributed by atoms with E-state index in [9.17, 15) is 9.59 Å². The van der Waals surface area contributed by atoms with Crippen LogP contribution in [0.5, 0.6) is 5.75 Å². The Morgan fingerprint density at radius 1 is 0.889 bits per heavy atom. The van der Waals surface area contributed by atoms with Crippen molar-refractivity contribution in [1.29, 1.82) is 0 Å². The van der Waals surface area contributed by atoms with Crippen LogP contribution in [0.2, 0.25) is 0 Å². The first-order valence-corrected chi connectivity index (χ1v) is 13.1. The molecule has 3 aromatic rings. The number of amides is 2. The topological polar surface area (TPSA) is 79.5 Å². The Morgan fingerprint density at radius 3 is 2.42 bits per heavy atom. The molecule has 0 heterocycles. The number of hydrogen-bond donors (Lipinski definition) is 3. The fourth-order valence-electron chi connectivity index (χ4n) is 3.50. The molecular weight excluding hydrogens is 538 g/mol. The second-order valence-corrected chi connectivity index (χ2v) is 9.50. The number of hydrogen-bond acceptors (Lipinski definition) is 4. The van der Waals surface area contributed by atoms with Gasteiger partial charge in [0.05, 0.1) is 23.4 Å². The van der Waals surface area contributed by atoms with Gasteiger partial charge in [-0.2, -0.15) is 0 Å². The highest BCUT2D eigenvalue weighted by molar-refractivity contribution is 9.10. The number of benzene rings is 3. The summed E-state index contributed by atoms with van der Waals surface area (Å²) < 4.78 is 6.63. The van der Waals surface area contributed by atoms with Crippen LogP contribution in [0.15, 0.2) is 77.3 Å². The lowest BCUT2D eigenvalue weighted by atomic mass is 10.1. The van der Waals surface area contributed by atoms with Crippen molar-refractivity contribution in [2.75, 3.05) is 11.9 Å². The van der Waals surface area contributed by atoms with E-state index in [1.54, 1.807) is 36.4 Å². The number of rotatable bonds is 11. The molecule has 8 heteroatoms. The zero-order valence-corrected chi connectivity index (χ0v) is 22.6. The minimum Gasteiger partial charge on any atom is -0.493 e. The lowest BCUT2D eigenvalue weighted by molar-refractivity contribution is 0.0949. The van der Waals surface area contributed by atoms with E-state index in [-0.39, 0.29) is 11.0 Å². The second-order valence-electron chi connectivity index (χ2n) is 8.17. The maximum absolute atomic E-state index is 13.0. The number of carbonyl (C=O) groups excluding carboxylic acids is 2. The van der Waals surface area contributed by atoms with Gasteiger partial charge in [-0.15, -0.1) is 0 Å². The van der Waals surface area contributed by atoms with Crippen LogP contribution in [0.1, 0.15) is 58.9 Å². The van der Waals surface area contributed by atoms with Crippen molar-refractivity contribution >= 4 is 50.8 Å². The lowest BCUT2D eigenvalue weighted by Gasteiger charge is -2.15. The highest BCUT2D eigenvalue weighted by Gasteiger charge is 2.17. The number of halogens is 1. The Bertz CT molecular complexity index is 1190. The minimum absolute atomic E-state index is 0.0807. The van der Waals surface area contributed by atoms with Crippen molar-refractivity contribution in [2.24, 2.45) is 0 Å². The van der Waals surface area contributed by atoms with Gasteiger partial charge in [-0.3, -0.25) is 14.9 Å². The summed E-state index contributed by atoms with van der Waals surface area (Å²) in [5, 5.41) is 8.66. The predicted octanol–water partition coefficient (Wildman–Crippen LogP) is 6.47. The average molecular weight is 569 g/mol. The fourth-order valence-corrected chi connectivity index (χ4v) is 4.07. The van der Waals surface area contributed by atoms with Crippen LogP contribution in [0.3, 0.4) is 0 Å². The molecule has 3 N–H and O–H groups in total. The van der Waals surface area contributed by atoms with Gasteiger partial charge in [0, 0.05) is 11.0 Å². The lowest BCUT2D eigenvalue weighted by Crippen LogP contribution is -2.35. The van der Waals surface area contributed by atoms with E-state index in [0.29, 0.717) is 35.7 Å². The summed E-state index contributed by atoms with van der Waals surface area (Å²) >= 11 is 8.80. The standard InChI is InChI=1S/C28H30BrN3O3S/c1-2-3-4-10-17-35-25-16-15-21(29)18-23(25)27(34)32-28(36)31-24-14-9-8-13-22(24)26(33)30-19-20-11-6-5-7-12-20/h5-9,11-16,18H,2-4,10,17,19H2,1H3,(H,30,33)(H2,31,32,34,36). The third kappa shape index (κ3) is 8.46. The summed E-state index contributed by atoms with van der Waals surface area (Å²) in [7, 11) is 0. The van der Waals surface area contributed by atoms with Crippen molar-refractivity contribution in [3.05, 3.63) is 94.0 Å². The molecule has 0 radical (unpaired) electrons. The quantitative estimate of drug-likeness (QED) is 0.183. The van der Waals surface area contributed by atoms with Crippen LogP contribution in [0, 0.1) is 0 Å². The van der Waals surface area contributed by atoms with Gasteiger partial charge in [-0.05, 0) is 54.5 Å². The van der Waals surface area contributed by atoms with E-state index >= 15 is 0 Å². The first-order valence-electron chi connectivity index (χ1n) is 11.9. The zero-order valence-electron chi connectivity index (χ0n) is 20.2. The number of para-hydroxylation sites is 1. The van der Waals surface area contributed by atoms with Crippen LogP contribution in [-0.2, 0) is 6.54 Å². The van der Waals surface area contributed by atoms with Crippen LogP contribution in [-0.4, -0.2) is 23.5 Å². The van der Waals surface area contributed by atoms with Gasteiger partial charge in [0.1, 0.15) is 5.75 Å². The minimum atomic E-state index is -0.400. The molecule has 0 aliphatic rings. The highest BCUT2D eigenvalue weighted by Crippen LogP contribution is 2.24. The Kier molecular flexibility index (Phi) is 10.9. The van der Waals surface area contributed by atoms with Gasteiger partial charge in [-0.25, -0.2) is 0 Å². The summed E-state index contributed by atoms with van der Waals surface area (Å²) in [5.74, 6) is -0.152. The molecule has 0 aliphatic carbocycles. The van der Waals surface area contributed by atoms with E-state index in [0.717, 1.165) is 35.7 Å². The first-order chi connectivity index (χ1) is 17.5. The second kappa shape index (κ2) is 14.4. The maximum Gasteiger partial charge on any atom is 0.261 e. The largest absolute Gasteiger partial charge is 0.493 e. The van der Waals surface area contributed by atoms with Crippen molar-refractivity contribution < 1.29 is 14.3 Å². The van der Waals surface area contributed by atoms with E-state index in [1.807, 2.05) is 36.4 Å². The molecule has 0 fully saturated rings. The number of carbonyl (C=O) groups is 2. The third-order valence-electron chi connectivity index (χ3n) is 5.38. The number of unbranched alkanes of at least 4 members (excludes halogenated alkanes) is 3. The van der Waals surface area contributed by atoms with E-state index in [1.165, 1.54) is 0 Å².